The predicted octanol–water partition coefficient (Wildman–Crippen LogP) is 0.876. The topological polar surface area (TPSA) is 81.2 Å². The van der Waals surface area contributed by atoms with E-state index in [4.69, 9.17) is 4.74 Å². The van der Waals surface area contributed by atoms with E-state index in [9.17, 15) is 18.8 Å². The molecule has 0 aliphatic heterocycles. The fourth-order valence-corrected chi connectivity index (χ4v) is 1.75. The summed E-state index contributed by atoms with van der Waals surface area (Å²) in [7, 11) is 1.30. The smallest absolute Gasteiger partial charge is 0.333 e. The van der Waals surface area contributed by atoms with Crippen LogP contribution in [0.25, 0.3) is 5.69 Å². The van der Waals surface area contributed by atoms with Gasteiger partial charge in [-0.2, -0.15) is 0 Å². The first-order valence-electron chi connectivity index (χ1n) is 5.65. The van der Waals surface area contributed by atoms with Gasteiger partial charge in [-0.15, -0.1) is 0 Å². The summed E-state index contributed by atoms with van der Waals surface area (Å²) in [5.41, 5.74) is -1.73. The minimum atomic E-state index is -0.800. The molecule has 1 heterocycles. The molecule has 0 aliphatic rings. The van der Waals surface area contributed by atoms with Crippen molar-refractivity contribution < 1.29 is 13.9 Å². The molecule has 0 amide bonds. The van der Waals surface area contributed by atoms with E-state index in [2.05, 4.69) is 4.98 Å². The molecule has 2 rings (SSSR count). The van der Waals surface area contributed by atoms with Gasteiger partial charge in [-0.05, 0) is 19.1 Å². The summed E-state index contributed by atoms with van der Waals surface area (Å²) in [6.45, 7) is 1.20. The summed E-state index contributed by atoms with van der Waals surface area (Å²) in [5, 5.41) is 0. The number of hydrogen-bond donors (Lipinski definition) is 1. The molecule has 0 fully saturated rings. The number of nitrogens with one attached hydrogen (secondary N) is 1. The lowest BCUT2D eigenvalue weighted by molar-refractivity contribution is 0.101. The highest BCUT2D eigenvalue weighted by Crippen LogP contribution is 2.18. The van der Waals surface area contributed by atoms with E-state index >= 15 is 0 Å². The summed E-state index contributed by atoms with van der Waals surface area (Å²) < 4.78 is 19.1. The molecule has 0 atom stereocenters. The maximum absolute atomic E-state index is 13.6. The number of carbonyl (C=O) groups is 1. The average molecular weight is 278 g/mol. The second kappa shape index (κ2) is 5.12. The molecule has 1 aromatic heterocycles. The number of halogens is 1. The van der Waals surface area contributed by atoms with Crippen molar-refractivity contribution in [1.82, 2.24) is 9.55 Å². The lowest BCUT2D eigenvalue weighted by Crippen LogP contribution is -2.36. The highest BCUT2D eigenvalue weighted by atomic mass is 19.1. The number of aromatic amines is 1. The van der Waals surface area contributed by atoms with Crippen molar-refractivity contribution in [3.63, 3.8) is 0 Å². The van der Waals surface area contributed by atoms with Crippen LogP contribution >= 0.6 is 0 Å². The Morgan fingerprint density at radius 1 is 1.35 bits per heavy atom. The van der Waals surface area contributed by atoms with Gasteiger partial charge in [0.25, 0.3) is 5.56 Å². The normalized spacial score (nSPS) is 10.3. The number of Topliss-reactive ketones (excluding diaryl/α,β-unsaturated/α-hetero) is 1. The summed E-state index contributed by atoms with van der Waals surface area (Å²) in [6, 6.07) is 3.62. The first kappa shape index (κ1) is 13.7. The molecule has 20 heavy (non-hydrogen) atoms. The number of ketones is 1. The fourth-order valence-electron chi connectivity index (χ4n) is 1.75. The van der Waals surface area contributed by atoms with Crippen LogP contribution in [-0.2, 0) is 0 Å². The molecule has 0 saturated carbocycles. The van der Waals surface area contributed by atoms with Gasteiger partial charge >= 0.3 is 5.69 Å². The van der Waals surface area contributed by atoms with Crippen molar-refractivity contribution >= 4 is 5.78 Å². The van der Waals surface area contributed by atoms with Crippen LogP contribution in [-0.4, -0.2) is 22.4 Å². The van der Waals surface area contributed by atoms with Crippen molar-refractivity contribution in [2.75, 3.05) is 7.11 Å². The van der Waals surface area contributed by atoms with E-state index < -0.39 is 22.8 Å². The maximum Gasteiger partial charge on any atom is 0.333 e. The highest BCUT2D eigenvalue weighted by Gasteiger charge is 2.14. The number of ether oxygens (including phenoxy) is 1. The van der Waals surface area contributed by atoms with E-state index in [0.29, 0.717) is 4.57 Å². The third-order valence-corrected chi connectivity index (χ3v) is 2.75. The van der Waals surface area contributed by atoms with Crippen LogP contribution in [0, 0.1) is 5.82 Å². The van der Waals surface area contributed by atoms with Crippen molar-refractivity contribution in [2.24, 2.45) is 0 Å². The zero-order valence-electron chi connectivity index (χ0n) is 10.8. The molecule has 2 aromatic rings. The third-order valence-electron chi connectivity index (χ3n) is 2.75. The molecule has 0 bridgehead atoms. The van der Waals surface area contributed by atoms with Gasteiger partial charge in [0.05, 0.1) is 18.4 Å². The standard InChI is InChI=1S/C13H11FN2O4/c1-7(17)9-6-15-13(19)16(12(9)18)8-3-4-11(20-2)10(14)5-8/h3-6H,1-2H3,(H,15,19). The second-order valence-electron chi connectivity index (χ2n) is 4.02. The highest BCUT2D eigenvalue weighted by molar-refractivity contribution is 5.93. The van der Waals surface area contributed by atoms with E-state index in [1.807, 2.05) is 0 Å². The molecule has 7 heteroatoms. The van der Waals surface area contributed by atoms with Gasteiger partial charge in [0.2, 0.25) is 0 Å². The lowest BCUT2D eigenvalue weighted by Gasteiger charge is -2.07. The Kier molecular flexibility index (Phi) is 3.51. The van der Waals surface area contributed by atoms with Gasteiger partial charge in [-0.1, -0.05) is 0 Å². The number of H-pyrrole nitrogens is 1. The Labute approximate surface area is 112 Å². The van der Waals surface area contributed by atoms with Crippen LogP contribution in [0.5, 0.6) is 5.75 Å². The average Bonchev–Trinajstić information content (AvgIpc) is 2.38. The quantitative estimate of drug-likeness (QED) is 0.845. The SMILES string of the molecule is COc1ccc(-n2c(=O)[nH]cc(C(C)=O)c2=O)cc1F. The Morgan fingerprint density at radius 2 is 2.05 bits per heavy atom. The first-order chi connectivity index (χ1) is 9.45. The molecule has 1 aromatic carbocycles. The molecule has 1 N–H and O–H groups in total. The minimum Gasteiger partial charge on any atom is -0.494 e. The Morgan fingerprint density at radius 3 is 2.60 bits per heavy atom. The maximum atomic E-state index is 13.6. The van der Waals surface area contributed by atoms with Crippen LogP contribution in [0.3, 0.4) is 0 Å². The Hall–Kier alpha value is -2.70. The van der Waals surface area contributed by atoms with E-state index in [1.165, 1.54) is 26.2 Å². The van der Waals surface area contributed by atoms with Gasteiger partial charge in [0.1, 0.15) is 0 Å². The first-order valence-corrected chi connectivity index (χ1v) is 5.65. The Balaban J connectivity index is 2.73. The van der Waals surface area contributed by atoms with Crippen molar-refractivity contribution in [2.45, 2.75) is 6.92 Å². The largest absolute Gasteiger partial charge is 0.494 e. The minimum absolute atomic E-state index is 0.0117. The van der Waals surface area contributed by atoms with Gasteiger partial charge in [-0.3, -0.25) is 9.59 Å². The molecule has 0 unspecified atom stereocenters. The van der Waals surface area contributed by atoms with Crippen LogP contribution in [0.15, 0.2) is 34.0 Å². The molecule has 104 valence electrons. The van der Waals surface area contributed by atoms with Crippen LogP contribution in [0.4, 0.5) is 4.39 Å². The van der Waals surface area contributed by atoms with Crippen molar-refractivity contribution in [1.29, 1.82) is 0 Å². The molecule has 6 nitrogen and oxygen atoms in total. The molecular weight excluding hydrogens is 267 g/mol. The van der Waals surface area contributed by atoms with Crippen LogP contribution in [0.1, 0.15) is 17.3 Å². The summed E-state index contributed by atoms with van der Waals surface area (Å²) >= 11 is 0. The zero-order chi connectivity index (χ0) is 14.9. The van der Waals surface area contributed by atoms with Crippen LogP contribution < -0.4 is 16.0 Å². The van der Waals surface area contributed by atoms with Gasteiger partial charge in [-0.25, -0.2) is 13.8 Å². The summed E-state index contributed by atoms with van der Waals surface area (Å²) in [5.74, 6) is -1.22. The molecule has 0 spiro atoms. The van der Waals surface area contributed by atoms with Crippen LogP contribution in [0.2, 0.25) is 0 Å². The van der Waals surface area contributed by atoms with Gasteiger partial charge < -0.3 is 9.72 Å². The number of carbonyl (C=O) groups excluding carboxylic acids is 1. The third kappa shape index (κ3) is 2.25. The monoisotopic (exact) mass is 278 g/mol. The molecule has 0 saturated heterocycles. The second-order valence-corrected chi connectivity index (χ2v) is 4.02. The Bertz CT molecular complexity index is 792. The van der Waals surface area contributed by atoms with Gasteiger partial charge in [0, 0.05) is 12.3 Å². The fraction of sp³-hybridized carbons (Fsp3) is 0.154. The molecular formula is C13H11FN2O4. The number of rotatable bonds is 3. The van der Waals surface area contributed by atoms with Crippen molar-refractivity contribution in [3.8, 4) is 11.4 Å². The predicted molar refractivity (Wildman–Crippen MR) is 69.2 cm³/mol. The van der Waals surface area contributed by atoms with E-state index in [0.717, 1.165) is 12.3 Å². The lowest BCUT2D eigenvalue weighted by atomic mass is 10.2. The number of aromatic nitrogens is 2. The number of benzene rings is 1. The molecule has 0 radical (unpaired) electrons. The van der Waals surface area contributed by atoms with E-state index in [-0.39, 0.29) is 17.0 Å². The number of hydrogen-bond acceptors (Lipinski definition) is 4. The van der Waals surface area contributed by atoms with Gasteiger partial charge in [0.15, 0.2) is 17.3 Å². The molecule has 0 aliphatic carbocycles. The number of methoxy groups -OCH3 is 1. The summed E-state index contributed by atoms with van der Waals surface area (Å²) in [4.78, 5) is 37.4. The number of nitrogens with zero attached hydrogens (tertiary/aromatic N) is 1. The zero-order valence-corrected chi connectivity index (χ0v) is 10.8. The van der Waals surface area contributed by atoms with Crippen molar-refractivity contribution in [3.05, 3.63) is 56.6 Å². The van der Waals surface area contributed by atoms with E-state index in [1.54, 1.807) is 0 Å². The summed E-state index contributed by atoms with van der Waals surface area (Å²) in [6.07, 6.45) is 1.05.